The minimum atomic E-state index is -0.989. The zero-order valence-corrected chi connectivity index (χ0v) is 10.4. The van der Waals surface area contributed by atoms with Crippen LogP contribution in [0, 0.1) is 5.82 Å². The number of hydrogen-bond acceptors (Lipinski definition) is 2. The number of methoxy groups -OCH3 is 1. The molecule has 19 heavy (non-hydrogen) atoms. The van der Waals surface area contributed by atoms with Gasteiger partial charge in [-0.15, -0.1) is 0 Å². The van der Waals surface area contributed by atoms with Crippen LogP contribution in [-0.4, -0.2) is 18.2 Å². The summed E-state index contributed by atoms with van der Waals surface area (Å²) in [6.07, 6.45) is -0.208. The SMILES string of the molecule is COc1ccccc1-c1cc(F)cc(CC(=O)O)c1. The maximum absolute atomic E-state index is 13.6. The molecule has 0 spiro atoms. The van der Waals surface area contributed by atoms with Crippen LogP contribution in [0.3, 0.4) is 0 Å². The highest BCUT2D eigenvalue weighted by Gasteiger charge is 2.09. The predicted octanol–water partition coefficient (Wildman–Crippen LogP) is 3.13. The van der Waals surface area contributed by atoms with Gasteiger partial charge in [-0.05, 0) is 29.3 Å². The van der Waals surface area contributed by atoms with Gasteiger partial charge in [0.15, 0.2) is 0 Å². The third kappa shape index (κ3) is 3.10. The van der Waals surface area contributed by atoms with E-state index in [2.05, 4.69) is 0 Å². The van der Waals surface area contributed by atoms with Crippen molar-refractivity contribution in [1.82, 2.24) is 0 Å². The van der Waals surface area contributed by atoms with Crippen LogP contribution >= 0.6 is 0 Å². The Hall–Kier alpha value is -2.36. The summed E-state index contributed by atoms with van der Waals surface area (Å²) in [5, 5.41) is 8.77. The van der Waals surface area contributed by atoms with Crippen molar-refractivity contribution in [3.8, 4) is 16.9 Å². The van der Waals surface area contributed by atoms with E-state index in [1.807, 2.05) is 12.1 Å². The van der Waals surface area contributed by atoms with Gasteiger partial charge in [-0.1, -0.05) is 24.3 Å². The summed E-state index contributed by atoms with van der Waals surface area (Å²) in [7, 11) is 1.54. The van der Waals surface area contributed by atoms with E-state index in [1.165, 1.54) is 19.2 Å². The van der Waals surface area contributed by atoms with Crippen LogP contribution < -0.4 is 4.74 Å². The Bertz CT molecular complexity index is 608. The van der Waals surface area contributed by atoms with E-state index in [9.17, 15) is 9.18 Å². The molecule has 0 aliphatic carbocycles. The van der Waals surface area contributed by atoms with Crippen LogP contribution in [-0.2, 0) is 11.2 Å². The Kier molecular flexibility index (Phi) is 3.80. The van der Waals surface area contributed by atoms with Gasteiger partial charge in [0.25, 0.3) is 0 Å². The van der Waals surface area contributed by atoms with E-state index in [4.69, 9.17) is 9.84 Å². The molecular weight excluding hydrogens is 247 g/mol. The lowest BCUT2D eigenvalue weighted by molar-refractivity contribution is -0.136. The molecule has 3 nitrogen and oxygen atoms in total. The van der Waals surface area contributed by atoms with Crippen molar-refractivity contribution < 1.29 is 19.0 Å². The molecule has 1 N–H and O–H groups in total. The summed E-state index contributed by atoms with van der Waals surface area (Å²) in [4.78, 5) is 10.7. The van der Waals surface area contributed by atoms with Gasteiger partial charge in [0, 0.05) is 5.56 Å². The molecule has 0 saturated carbocycles. The number of carbonyl (C=O) groups is 1. The Morgan fingerprint density at radius 3 is 2.68 bits per heavy atom. The first-order valence-corrected chi connectivity index (χ1v) is 5.75. The van der Waals surface area contributed by atoms with Crippen molar-refractivity contribution in [3.05, 3.63) is 53.8 Å². The molecule has 0 aromatic heterocycles. The molecule has 2 aromatic carbocycles. The van der Waals surface area contributed by atoms with E-state index in [1.54, 1.807) is 18.2 Å². The number of carboxylic acids is 1. The van der Waals surface area contributed by atoms with E-state index >= 15 is 0 Å². The molecule has 0 fully saturated rings. The molecule has 0 radical (unpaired) electrons. The number of carboxylic acid groups (broad SMARTS) is 1. The number of halogens is 1. The van der Waals surface area contributed by atoms with Crippen molar-refractivity contribution >= 4 is 5.97 Å². The number of para-hydroxylation sites is 1. The highest BCUT2D eigenvalue weighted by molar-refractivity contribution is 5.74. The van der Waals surface area contributed by atoms with Crippen LogP contribution in [0.1, 0.15) is 5.56 Å². The molecule has 2 rings (SSSR count). The smallest absolute Gasteiger partial charge is 0.307 e. The van der Waals surface area contributed by atoms with Gasteiger partial charge in [0.1, 0.15) is 11.6 Å². The second-order valence-electron chi connectivity index (χ2n) is 4.12. The Balaban J connectivity index is 2.49. The van der Waals surface area contributed by atoms with Crippen molar-refractivity contribution in [2.75, 3.05) is 7.11 Å². The average molecular weight is 260 g/mol. The van der Waals surface area contributed by atoms with Crippen molar-refractivity contribution in [3.63, 3.8) is 0 Å². The normalized spacial score (nSPS) is 10.2. The Labute approximate surface area is 110 Å². The van der Waals surface area contributed by atoms with Gasteiger partial charge in [0.05, 0.1) is 13.5 Å². The van der Waals surface area contributed by atoms with Crippen LogP contribution in [0.2, 0.25) is 0 Å². The third-order valence-electron chi connectivity index (χ3n) is 2.73. The average Bonchev–Trinajstić information content (AvgIpc) is 2.37. The molecule has 0 saturated heterocycles. The van der Waals surface area contributed by atoms with Crippen molar-refractivity contribution in [1.29, 1.82) is 0 Å². The van der Waals surface area contributed by atoms with Crippen LogP contribution in [0.25, 0.3) is 11.1 Å². The summed E-state index contributed by atoms with van der Waals surface area (Å²) in [6, 6.07) is 11.5. The van der Waals surface area contributed by atoms with Gasteiger partial charge in [-0.2, -0.15) is 0 Å². The second-order valence-corrected chi connectivity index (χ2v) is 4.12. The lowest BCUT2D eigenvalue weighted by Crippen LogP contribution is -2.01. The maximum Gasteiger partial charge on any atom is 0.307 e. The standard InChI is InChI=1S/C15H13FO3/c1-19-14-5-3-2-4-13(14)11-6-10(8-15(17)18)7-12(16)9-11/h2-7,9H,8H2,1H3,(H,17,18). The highest BCUT2D eigenvalue weighted by atomic mass is 19.1. The molecule has 4 heteroatoms. The quantitative estimate of drug-likeness (QED) is 0.918. The Morgan fingerprint density at radius 1 is 1.26 bits per heavy atom. The fourth-order valence-electron chi connectivity index (χ4n) is 1.97. The molecule has 0 bridgehead atoms. The van der Waals surface area contributed by atoms with Crippen LogP contribution in [0.15, 0.2) is 42.5 Å². The number of rotatable bonds is 4. The van der Waals surface area contributed by atoms with E-state index in [0.717, 1.165) is 5.56 Å². The molecule has 0 aliphatic heterocycles. The molecule has 0 atom stereocenters. The summed E-state index contributed by atoms with van der Waals surface area (Å²) in [6.45, 7) is 0. The topological polar surface area (TPSA) is 46.5 Å². The summed E-state index contributed by atoms with van der Waals surface area (Å²) >= 11 is 0. The van der Waals surface area contributed by atoms with E-state index in [-0.39, 0.29) is 6.42 Å². The molecule has 0 unspecified atom stereocenters. The number of ether oxygens (including phenoxy) is 1. The predicted molar refractivity (Wildman–Crippen MR) is 69.7 cm³/mol. The fourth-order valence-corrected chi connectivity index (χ4v) is 1.97. The monoisotopic (exact) mass is 260 g/mol. The van der Waals surface area contributed by atoms with Crippen LogP contribution in [0.5, 0.6) is 5.75 Å². The first kappa shape index (κ1) is 13.1. The first-order chi connectivity index (χ1) is 9.10. The van der Waals surface area contributed by atoms with Gasteiger partial charge in [0.2, 0.25) is 0 Å². The second kappa shape index (κ2) is 5.52. The van der Waals surface area contributed by atoms with Gasteiger partial charge in [-0.3, -0.25) is 4.79 Å². The number of aliphatic carboxylic acids is 1. The van der Waals surface area contributed by atoms with Gasteiger partial charge < -0.3 is 9.84 Å². The maximum atomic E-state index is 13.6. The third-order valence-corrected chi connectivity index (χ3v) is 2.73. The minimum Gasteiger partial charge on any atom is -0.496 e. The lowest BCUT2D eigenvalue weighted by Gasteiger charge is -2.09. The van der Waals surface area contributed by atoms with Crippen molar-refractivity contribution in [2.45, 2.75) is 6.42 Å². The molecule has 98 valence electrons. The summed E-state index contributed by atoms with van der Waals surface area (Å²) in [5.41, 5.74) is 1.76. The van der Waals surface area contributed by atoms with Gasteiger partial charge in [-0.25, -0.2) is 4.39 Å². The van der Waals surface area contributed by atoms with E-state index < -0.39 is 11.8 Å². The molecule has 0 heterocycles. The minimum absolute atomic E-state index is 0.208. The molecule has 0 amide bonds. The summed E-state index contributed by atoms with van der Waals surface area (Å²) < 4.78 is 18.8. The Morgan fingerprint density at radius 2 is 2.00 bits per heavy atom. The molecule has 2 aromatic rings. The largest absolute Gasteiger partial charge is 0.496 e. The van der Waals surface area contributed by atoms with E-state index in [0.29, 0.717) is 16.9 Å². The van der Waals surface area contributed by atoms with Crippen molar-refractivity contribution in [2.24, 2.45) is 0 Å². The summed E-state index contributed by atoms with van der Waals surface area (Å²) in [5.74, 6) is -0.828. The molecule has 0 aliphatic rings. The van der Waals surface area contributed by atoms with Gasteiger partial charge >= 0.3 is 5.97 Å². The fraction of sp³-hybridized carbons (Fsp3) is 0.133. The van der Waals surface area contributed by atoms with Crippen LogP contribution in [0.4, 0.5) is 4.39 Å². The first-order valence-electron chi connectivity index (χ1n) is 5.75. The zero-order valence-electron chi connectivity index (χ0n) is 10.4. The number of hydrogen-bond donors (Lipinski definition) is 1. The zero-order chi connectivity index (χ0) is 13.8. The lowest BCUT2D eigenvalue weighted by atomic mass is 10.0. The highest BCUT2D eigenvalue weighted by Crippen LogP contribution is 2.30. The molecular formula is C15H13FO3. The number of benzene rings is 2.